The number of hydrogen-bond donors (Lipinski definition) is 1. The summed E-state index contributed by atoms with van der Waals surface area (Å²) in [4.78, 5) is 22.9. The Hall–Kier alpha value is -2.08. The minimum absolute atomic E-state index is 0.298. The lowest BCUT2D eigenvalue weighted by Gasteiger charge is -2.01. The number of fused-ring (bicyclic) bond motifs is 1. The molecule has 6 heteroatoms. The van der Waals surface area contributed by atoms with Crippen molar-refractivity contribution in [3.63, 3.8) is 0 Å². The predicted octanol–water partition coefficient (Wildman–Crippen LogP) is 3.90. The third-order valence-corrected chi connectivity index (χ3v) is 3.47. The Balaban J connectivity index is 2.58. The average molecular weight is 352 g/mol. The van der Waals surface area contributed by atoms with E-state index in [-0.39, 0.29) is 0 Å². The van der Waals surface area contributed by atoms with Gasteiger partial charge in [0.25, 0.3) is 0 Å². The molecule has 2 rings (SSSR count). The van der Waals surface area contributed by atoms with Gasteiger partial charge >= 0.3 is 12.1 Å². The quantitative estimate of drug-likeness (QED) is 0.672. The molecule has 0 bridgehead atoms. The maximum atomic E-state index is 11.7. The second-order valence-electron chi connectivity index (χ2n) is 4.45. The first kappa shape index (κ1) is 15.3. The normalized spacial score (nSPS) is 11.7. The van der Waals surface area contributed by atoms with Crippen molar-refractivity contribution in [3.05, 3.63) is 40.0 Å². The molecule has 0 aliphatic carbocycles. The molecule has 0 amide bonds. The van der Waals surface area contributed by atoms with Crippen LogP contribution in [0.3, 0.4) is 0 Å². The van der Waals surface area contributed by atoms with Crippen LogP contribution in [-0.2, 0) is 9.53 Å². The summed E-state index contributed by atoms with van der Waals surface area (Å²) in [5, 5.41) is 9.98. The standard InChI is InChI=1S/C15H14BrNO4/c1-3-21-14(18)9(2)6-10-8-17(15(19)20)13-5-4-11(16)7-12(10)13/h4-8H,3H2,1-2H3,(H,19,20)/b9-6-. The number of rotatable bonds is 3. The summed E-state index contributed by atoms with van der Waals surface area (Å²) in [5.41, 5.74) is 1.63. The van der Waals surface area contributed by atoms with Crippen molar-refractivity contribution in [1.82, 2.24) is 4.57 Å². The zero-order valence-corrected chi connectivity index (χ0v) is 13.2. The van der Waals surface area contributed by atoms with Crippen LogP contribution >= 0.6 is 15.9 Å². The SMILES string of the molecule is CCOC(=O)/C(C)=C\c1cn(C(=O)O)c2ccc(Br)cc12. The van der Waals surface area contributed by atoms with Crippen LogP contribution in [0.5, 0.6) is 0 Å². The Morgan fingerprint density at radius 2 is 2.14 bits per heavy atom. The van der Waals surface area contributed by atoms with Gasteiger partial charge in [0.1, 0.15) is 0 Å². The molecule has 21 heavy (non-hydrogen) atoms. The number of esters is 1. The molecule has 1 N–H and O–H groups in total. The minimum Gasteiger partial charge on any atom is -0.464 e. The van der Waals surface area contributed by atoms with Gasteiger partial charge < -0.3 is 9.84 Å². The summed E-state index contributed by atoms with van der Waals surface area (Å²) in [6.07, 6.45) is 2.05. The number of benzene rings is 1. The number of ether oxygens (including phenoxy) is 1. The second kappa shape index (κ2) is 6.13. The lowest BCUT2D eigenvalue weighted by Crippen LogP contribution is -2.05. The summed E-state index contributed by atoms with van der Waals surface area (Å²) in [5.74, 6) is -0.413. The van der Waals surface area contributed by atoms with Gasteiger partial charge in [-0.05, 0) is 38.1 Å². The van der Waals surface area contributed by atoms with E-state index in [9.17, 15) is 14.7 Å². The van der Waals surface area contributed by atoms with Gasteiger partial charge in [0.05, 0.1) is 12.1 Å². The van der Waals surface area contributed by atoms with Crippen molar-refractivity contribution in [2.24, 2.45) is 0 Å². The predicted molar refractivity (Wildman–Crippen MR) is 83.3 cm³/mol. The van der Waals surface area contributed by atoms with E-state index < -0.39 is 12.1 Å². The van der Waals surface area contributed by atoms with Crippen molar-refractivity contribution in [3.8, 4) is 0 Å². The first-order valence-electron chi connectivity index (χ1n) is 6.33. The smallest absolute Gasteiger partial charge is 0.416 e. The largest absolute Gasteiger partial charge is 0.464 e. The van der Waals surface area contributed by atoms with E-state index in [1.165, 1.54) is 6.20 Å². The fourth-order valence-electron chi connectivity index (χ4n) is 2.04. The highest BCUT2D eigenvalue weighted by Gasteiger charge is 2.13. The Kier molecular flexibility index (Phi) is 4.47. The summed E-state index contributed by atoms with van der Waals surface area (Å²) in [7, 11) is 0. The van der Waals surface area contributed by atoms with Crippen LogP contribution in [0, 0.1) is 0 Å². The topological polar surface area (TPSA) is 68.5 Å². The molecule has 0 aliphatic heterocycles. The van der Waals surface area contributed by atoms with Gasteiger partial charge in [-0.25, -0.2) is 9.59 Å². The highest BCUT2D eigenvalue weighted by molar-refractivity contribution is 9.10. The molecule has 1 aromatic carbocycles. The van der Waals surface area contributed by atoms with Crippen LogP contribution in [0.4, 0.5) is 4.79 Å². The first-order chi connectivity index (χ1) is 9.93. The molecule has 0 spiro atoms. The van der Waals surface area contributed by atoms with Gasteiger partial charge in [-0.2, -0.15) is 0 Å². The highest BCUT2D eigenvalue weighted by Crippen LogP contribution is 2.27. The fraction of sp³-hybridized carbons (Fsp3) is 0.200. The Morgan fingerprint density at radius 1 is 1.43 bits per heavy atom. The van der Waals surface area contributed by atoms with Gasteiger partial charge in [-0.15, -0.1) is 0 Å². The van der Waals surface area contributed by atoms with Crippen LogP contribution in [0.2, 0.25) is 0 Å². The number of carbonyl (C=O) groups is 2. The van der Waals surface area contributed by atoms with E-state index in [4.69, 9.17) is 4.74 Å². The molecule has 1 heterocycles. The van der Waals surface area contributed by atoms with Crippen LogP contribution in [-0.4, -0.2) is 28.3 Å². The van der Waals surface area contributed by atoms with Crippen molar-refractivity contribution >= 4 is 45.0 Å². The van der Waals surface area contributed by atoms with Gasteiger partial charge in [-0.1, -0.05) is 15.9 Å². The highest BCUT2D eigenvalue weighted by atomic mass is 79.9. The molecule has 1 aromatic heterocycles. The summed E-state index contributed by atoms with van der Waals surface area (Å²) >= 11 is 3.36. The zero-order chi connectivity index (χ0) is 15.6. The number of carboxylic acid groups (broad SMARTS) is 1. The number of nitrogens with zero attached hydrogens (tertiary/aromatic N) is 1. The van der Waals surface area contributed by atoms with E-state index >= 15 is 0 Å². The van der Waals surface area contributed by atoms with Crippen molar-refractivity contribution in [2.75, 3.05) is 6.61 Å². The third kappa shape index (κ3) is 3.16. The lowest BCUT2D eigenvalue weighted by atomic mass is 10.1. The minimum atomic E-state index is -1.07. The zero-order valence-electron chi connectivity index (χ0n) is 11.6. The first-order valence-corrected chi connectivity index (χ1v) is 7.12. The average Bonchev–Trinajstić information content (AvgIpc) is 2.77. The molecule has 0 aliphatic rings. The van der Waals surface area contributed by atoms with Crippen LogP contribution < -0.4 is 0 Å². The molecule has 0 saturated carbocycles. The summed E-state index contributed by atoms with van der Waals surface area (Å²) in [6, 6.07) is 5.30. The van der Waals surface area contributed by atoms with E-state index in [1.54, 1.807) is 32.1 Å². The molecule has 110 valence electrons. The number of aromatic nitrogens is 1. The van der Waals surface area contributed by atoms with Crippen LogP contribution in [0.25, 0.3) is 17.0 Å². The summed E-state index contributed by atoms with van der Waals surface area (Å²) in [6.45, 7) is 3.67. The van der Waals surface area contributed by atoms with Gasteiger partial charge in [-0.3, -0.25) is 4.57 Å². The molecular formula is C15H14BrNO4. The van der Waals surface area contributed by atoms with Crippen molar-refractivity contribution in [2.45, 2.75) is 13.8 Å². The van der Waals surface area contributed by atoms with Crippen LogP contribution in [0.15, 0.2) is 34.4 Å². The summed E-state index contributed by atoms with van der Waals surface area (Å²) < 4.78 is 6.89. The fourth-order valence-corrected chi connectivity index (χ4v) is 2.40. The molecule has 0 saturated heterocycles. The Labute approximate surface area is 129 Å². The maximum absolute atomic E-state index is 11.7. The Morgan fingerprint density at radius 3 is 2.76 bits per heavy atom. The Bertz CT molecular complexity index is 745. The van der Waals surface area contributed by atoms with E-state index in [0.29, 0.717) is 23.3 Å². The second-order valence-corrected chi connectivity index (χ2v) is 5.36. The number of carbonyl (C=O) groups excluding carboxylic acids is 1. The van der Waals surface area contributed by atoms with E-state index in [0.717, 1.165) is 14.4 Å². The lowest BCUT2D eigenvalue weighted by molar-refractivity contribution is -0.138. The molecule has 5 nitrogen and oxygen atoms in total. The maximum Gasteiger partial charge on any atom is 0.416 e. The molecule has 2 aromatic rings. The van der Waals surface area contributed by atoms with Crippen molar-refractivity contribution < 1.29 is 19.4 Å². The molecule has 0 radical (unpaired) electrons. The molecule has 0 atom stereocenters. The van der Waals surface area contributed by atoms with Gasteiger partial charge in [0.15, 0.2) is 0 Å². The molecule has 0 fully saturated rings. The van der Waals surface area contributed by atoms with Crippen LogP contribution in [0.1, 0.15) is 19.4 Å². The van der Waals surface area contributed by atoms with E-state index in [2.05, 4.69) is 15.9 Å². The monoisotopic (exact) mass is 351 g/mol. The van der Waals surface area contributed by atoms with E-state index in [1.807, 2.05) is 6.07 Å². The number of hydrogen-bond acceptors (Lipinski definition) is 3. The van der Waals surface area contributed by atoms with Gasteiger partial charge in [0, 0.05) is 27.2 Å². The molecule has 0 unspecified atom stereocenters. The third-order valence-electron chi connectivity index (χ3n) is 2.97. The van der Waals surface area contributed by atoms with Crippen molar-refractivity contribution in [1.29, 1.82) is 0 Å². The number of halogens is 1. The van der Waals surface area contributed by atoms with Gasteiger partial charge in [0.2, 0.25) is 0 Å². The molecular weight excluding hydrogens is 338 g/mol.